The number of rotatable bonds is 8. The summed E-state index contributed by atoms with van der Waals surface area (Å²) in [5.41, 5.74) is 3.16. The first-order valence-electron chi connectivity index (χ1n) is 10.7. The second kappa shape index (κ2) is 8.55. The summed E-state index contributed by atoms with van der Waals surface area (Å²) in [6.07, 6.45) is 4.59. The van der Waals surface area contributed by atoms with Crippen molar-refractivity contribution >= 4 is 11.9 Å². The number of benzene rings is 2. The van der Waals surface area contributed by atoms with Gasteiger partial charge in [-0.05, 0) is 60.9 Å². The van der Waals surface area contributed by atoms with E-state index in [1.54, 1.807) is 13.0 Å². The molecule has 31 heavy (non-hydrogen) atoms. The number of urea groups is 1. The topological polar surface area (TPSA) is 78.9 Å². The molecule has 1 saturated heterocycles. The third-order valence-corrected chi connectivity index (χ3v) is 6.11. The van der Waals surface area contributed by atoms with Crippen LogP contribution in [-0.2, 0) is 29.6 Å². The number of aryl methyl sites for hydroxylation is 2. The first kappa shape index (κ1) is 21.1. The second-order valence-corrected chi connectivity index (χ2v) is 8.37. The zero-order valence-corrected chi connectivity index (χ0v) is 17.8. The molecule has 162 valence electrons. The van der Waals surface area contributed by atoms with Gasteiger partial charge >= 0.3 is 6.03 Å². The monoisotopic (exact) mass is 420 g/mol. The molecule has 6 heteroatoms. The van der Waals surface area contributed by atoms with Crippen LogP contribution in [0.25, 0.3) is 0 Å². The predicted octanol–water partition coefficient (Wildman–Crippen LogP) is 3.11. The Kier molecular flexibility index (Phi) is 5.83. The van der Waals surface area contributed by atoms with Gasteiger partial charge in [-0.25, -0.2) is 4.79 Å². The van der Waals surface area contributed by atoms with E-state index in [0.717, 1.165) is 35.3 Å². The Labute approximate surface area is 182 Å². The number of para-hydroxylation sites is 1. The number of imide groups is 1. The van der Waals surface area contributed by atoms with Gasteiger partial charge in [0.2, 0.25) is 0 Å². The lowest BCUT2D eigenvalue weighted by Crippen LogP contribution is -2.42. The van der Waals surface area contributed by atoms with Crippen LogP contribution in [0.5, 0.6) is 5.75 Å². The van der Waals surface area contributed by atoms with E-state index in [9.17, 15) is 14.7 Å². The largest absolute Gasteiger partial charge is 0.491 e. The van der Waals surface area contributed by atoms with Crippen molar-refractivity contribution in [3.05, 3.63) is 77.4 Å². The first-order valence-corrected chi connectivity index (χ1v) is 10.7. The molecule has 2 unspecified atom stereocenters. The van der Waals surface area contributed by atoms with E-state index in [1.807, 2.05) is 42.5 Å². The number of β-amino-alcohol motifs (C(OH)–C–C–N with tert-alkyl or cyclic N) is 1. The molecule has 0 saturated carbocycles. The van der Waals surface area contributed by atoms with Gasteiger partial charge in [-0.15, -0.1) is 6.58 Å². The molecule has 0 bridgehead atoms. The average molecular weight is 421 g/mol. The smallest absolute Gasteiger partial charge is 0.325 e. The number of nitrogens with one attached hydrogen (secondary N) is 1. The quantitative estimate of drug-likeness (QED) is 0.508. The summed E-state index contributed by atoms with van der Waals surface area (Å²) in [4.78, 5) is 26.8. The number of nitrogens with zero attached hydrogens (tertiary/aromatic N) is 1. The number of allylic oxidation sites excluding steroid dienone is 1. The number of hydrogen-bond donors (Lipinski definition) is 2. The minimum absolute atomic E-state index is 0.0270. The van der Waals surface area contributed by atoms with Gasteiger partial charge < -0.3 is 15.2 Å². The molecule has 2 aromatic carbocycles. The van der Waals surface area contributed by atoms with Gasteiger partial charge in [0.15, 0.2) is 0 Å². The molecule has 1 aliphatic heterocycles. The van der Waals surface area contributed by atoms with Crippen molar-refractivity contribution in [2.75, 3.05) is 13.2 Å². The van der Waals surface area contributed by atoms with E-state index in [-0.39, 0.29) is 19.1 Å². The van der Waals surface area contributed by atoms with E-state index in [2.05, 4.69) is 11.9 Å². The molecule has 2 N–H and O–H groups in total. The number of carbonyl (C=O) groups excluding carboxylic acids is 2. The summed E-state index contributed by atoms with van der Waals surface area (Å²) >= 11 is 0. The van der Waals surface area contributed by atoms with Crippen molar-refractivity contribution in [1.29, 1.82) is 0 Å². The average Bonchev–Trinajstić information content (AvgIpc) is 3.31. The van der Waals surface area contributed by atoms with Crippen LogP contribution >= 0.6 is 0 Å². The number of aliphatic hydroxyl groups excluding tert-OH is 1. The highest BCUT2D eigenvalue weighted by Gasteiger charge is 2.49. The van der Waals surface area contributed by atoms with Crippen LogP contribution in [0.1, 0.15) is 35.6 Å². The molecule has 4 rings (SSSR count). The highest BCUT2D eigenvalue weighted by molar-refractivity contribution is 6.07. The molecule has 1 aliphatic carbocycles. The fourth-order valence-corrected chi connectivity index (χ4v) is 4.36. The van der Waals surface area contributed by atoms with Gasteiger partial charge in [0.1, 0.15) is 24.0 Å². The fourth-order valence-electron chi connectivity index (χ4n) is 4.36. The highest BCUT2D eigenvalue weighted by Crippen LogP contribution is 2.32. The Morgan fingerprint density at radius 2 is 2.00 bits per heavy atom. The van der Waals surface area contributed by atoms with Crippen LogP contribution < -0.4 is 10.1 Å². The summed E-state index contributed by atoms with van der Waals surface area (Å²) in [5, 5.41) is 13.3. The summed E-state index contributed by atoms with van der Waals surface area (Å²) in [5.74, 6) is 0.295. The molecule has 6 nitrogen and oxygen atoms in total. The maximum Gasteiger partial charge on any atom is 0.325 e. The van der Waals surface area contributed by atoms with E-state index < -0.39 is 17.7 Å². The Balaban J connectivity index is 1.43. The van der Waals surface area contributed by atoms with Gasteiger partial charge in [0.25, 0.3) is 5.91 Å². The van der Waals surface area contributed by atoms with Crippen LogP contribution in [0.4, 0.5) is 4.79 Å². The first-order chi connectivity index (χ1) is 14.9. The van der Waals surface area contributed by atoms with Crippen LogP contribution in [-0.4, -0.2) is 41.2 Å². The lowest BCUT2D eigenvalue weighted by Gasteiger charge is -2.24. The van der Waals surface area contributed by atoms with Crippen molar-refractivity contribution in [3.63, 3.8) is 0 Å². The van der Waals surface area contributed by atoms with Crippen molar-refractivity contribution in [2.24, 2.45) is 0 Å². The molecule has 2 aromatic rings. The zero-order chi connectivity index (χ0) is 22.0. The molecule has 1 fully saturated rings. The van der Waals surface area contributed by atoms with E-state index in [1.165, 1.54) is 11.1 Å². The van der Waals surface area contributed by atoms with E-state index in [0.29, 0.717) is 12.2 Å². The number of fused-ring (bicyclic) bond motifs is 1. The molecule has 3 amide bonds. The number of carbonyl (C=O) groups is 2. The third-order valence-electron chi connectivity index (χ3n) is 6.11. The minimum atomic E-state index is -1.13. The fraction of sp³-hybridized carbons (Fsp3) is 0.360. The van der Waals surface area contributed by atoms with Crippen molar-refractivity contribution in [1.82, 2.24) is 10.2 Å². The number of aliphatic hydroxyl groups is 1. The Hall–Kier alpha value is -3.12. The SMILES string of the molecule is C=CCc1ccccc1OCC(O)CN1C(=O)NC(C)(c2ccc3c(c2)CCC3)C1=O. The number of amides is 3. The lowest BCUT2D eigenvalue weighted by molar-refractivity contribution is -0.132. The van der Waals surface area contributed by atoms with Crippen LogP contribution in [0.2, 0.25) is 0 Å². The van der Waals surface area contributed by atoms with Gasteiger partial charge in [-0.2, -0.15) is 0 Å². The van der Waals surface area contributed by atoms with Gasteiger partial charge in [0.05, 0.1) is 6.54 Å². The molecular formula is C25H28N2O4. The number of hydrogen-bond acceptors (Lipinski definition) is 4. The summed E-state index contributed by atoms with van der Waals surface area (Å²) < 4.78 is 5.75. The maximum atomic E-state index is 13.2. The minimum Gasteiger partial charge on any atom is -0.491 e. The van der Waals surface area contributed by atoms with Crippen LogP contribution in [0.15, 0.2) is 55.1 Å². The molecule has 2 atom stereocenters. The molecule has 0 radical (unpaired) electrons. The summed E-state index contributed by atoms with van der Waals surface area (Å²) in [7, 11) is 0. The Bertz CT molecular complexity index is 1020. The van der Waals surface area contributed by atoms with Crippen molar-refractivity contribution < 1.29 is 19.4 Å². The van der Waals surface area contributed by atoms with Crippen LogP contribution in [0.3, 0.4) is 0 Å². The summed E-state index contributed by atoms with van der Waals surface area (Å²) in [6, 6.07) is 13.0. The Morgan fingerprint density at radius 1 is 1.23 bits per heavy atom. The summed E-state index contributed by atoms with van der Waals surface area (Å²) in [6.45, 7) is 5.30. The second-order valence-electron chi connectivity index (χ2n) is 8.37. The third kappa shape index (κ3) is 4.08. The van der Waals surface area contributed by atoms with E-state index in [4.69, 9.17) is 4.74 Å². The molecule has 2 aliphatic rings. The molecule has 0 spiro atoms. The highest BCUT2D eigenvalue weighted by atomic mass is 16.5. The maximum absolute atomic E-state index is 13.2. The normalized spacial score (nSPS) is 21.0. The van der Waals surface area contributed by atoms with Gasteiger partial charge in [-0.1, -0.05) is 42.5 Å². The van der Waals surface area contributed by atoms with Crippen molar-refractivity contribution in [3.8, 4) is 5.75 Å². The Morgan fingerprint density at radius 3 is 2.81 bits per heavy atom. The van der Waals surface area contributed by atoms with E-state index >= 15 is 0 Å². The number of ether oxygens (including phenoxy) is 1. The van der Waals surface area contributed by atoms with Crippen molar-refractivity contribution in [2.45, 2.75) is 44.2 Å². The molecule has 1 heterocycles. The van der Waals surface area contributed by atoms with Gasteiger partial charge in [-0.3, -0.25) is 9.69 Å². The zero-order valence-electron chi connectivity index (χ0n) is 17.8. The standard InChI is InChI=1S/C25H28N2O4/c1-3-7-18-8-4-5-11-22(18)31-16-21(28)15-27-23(29)25(2,26-24(27)30)20-13-12-17-9-6-10-19(17)14-20/h3-5,8,11-14,21,28H,1,6-7,9-10,15-16H2,2H3,(H,26,30). The van der Waals surface area contributed by atoms with Crippen LogP contribution in [0, 0.1) is 0 Å². The predicted molar refractivity (Wildman–Crippen MR) is 118 cm³/mol. The molecule has 0 aromatic heterocycles. The lowest BCUT2D eigenvalue weighted by atomic mass is 9.89. The molecular weight excluding hydrogens is 392 g/mol. The van der Waals surface area contributed by atoms with Gasteiger partial charge in [0, 0.05) is 0 Å².